The van der Waals surface area contributed by atoms with E-state index in [1.807, 2.05) is 4.90 Å². The third-order valence-corrected chi connectivity index (χ3v) is 7.40. The van der Waals surface area contributed by atoms with Gasteiger partial charge < -0.3 is 14.0 Å². The first kappa shape index (κ1) is 22.3. The van der Waals surface area contributed by atoms with Gasteiger partial charge in [-0.05, 0) is 49.6 Å². The predicted octanol–water partition coefficient (Wildman–Crippen LogP) is 2.82. The zero-order chi connectivity index (χ0) is 23.2. The van der Waals surface area contributed by atoms with Gasteiger partial charge in [-0.25, -0.2) is 12.8 Å². The molecule has 2 aromatic carbocycles. The number of hydrogen-bond acceptors (Lipinski definition) is 5. The minimum absolute atomic E-state index is 0.192. The molecule has 0 unspecified atom stereocenters. The van der Waals surface area contributed by atoms with E-state index in [1.54, 1.807) is 12.1 Å². The number of sulfonamides is 1. The molecule has 0 bridgehead atoms. The van der Waals surface area contributed by atoms with Crippen LogP contribution in [0.25, 0.3) is 11.0 Å². The normalized spacial score (nSPS) is 14.7. The van der Waals surface area contributed by atoms with Crippen molar-refractivity contribution in [1.82, 2.24) is 9.13 Å². The van der Waals surface area contributed by atoms with Crippen molar-refractivity contribution in [3.05, 3.63) is 61.9 Å². The Morgan fingerprint density at radius 1 is 0.938 bits per heavy atom. The number of rotatable bonds is 4. The smallest absolute Gasteiger partial charge is 0.316 e. The summed E-state index contributed by atoms with van der Waals surface area (Å²) in [5, 5.41) is -0.306. The molecule has 2 heterocycles. The molecule has 0 atom stereocenters. The van der Waals surface area contributed by atoms with Crippen LogP contribution in [0.15, 0.2) is 44.8 Å². The van der Waals surface area contributed by atoms with E-state index in [-0.39, 0.29) is 15.6 Å². The number of piperidine rings is 1. The van der Waals surface area contributed by atoms with Crippen LogP contribution in [-0.4, -0.2) is 30.6 Å². The van der Waals surface area contributed by atoms with E-state index in [0.29, 0.717) is 16.7 Å². The van der Waals surface area contributed by atoms with E-state index in [4.69, 9.17) is 11.6 Å². The molecule has 1 aliphatic rings. The Labute approximate surface area is 188 Å². The van der Waals surface area contributed by atoms with Crippen LogP contribution < -0.4 is 20.7 Å². The number of hydrogen-bond donors (Lipinski definition) is 1. The van der Waals surface area contributed by atoms with E-state index in [2.05, 4.69) is 4.72 Å². The summed E-state index contributed by atoms with van der Waals surface area (Å²) in [6.45, 7) is 1.45. The number of aryl methyl sites for hydroxylation is 2. The number of anilines is 2. The van der Waals surface area contributed by atoms with Gasteiger partial charge >= 0.3 is 11.1 Å². The van der Waals surface area contributed by atoms with Gasteiger partial charge in [-0.3, -0.25) is 14.3 Å². The molecule has 3 aromatic rings. The third kappa shape index (κ3) is 3.88. The average Bonchev–Trinajstić information content (AvgIpc) is 2.78. The Morgan fingerprint density at radius 3 is 2.12 bits per heavy atom. The second kappa shape index (κ2) is 8.25. The number of aromatic nitrogens is 2. The van der Waals surface area contributed by atoms with E-state index in [1.165, 1.54) is 23.2 Å². The summed E-state index contributed by atoms with van der Waals surface area (Å²) in [5.74, 6) is -0.721. The maximum atomic E-state index is 13.5. The molecule has 1 saturated heterocycles. The standard InChI is InChI=1S/C21H22ClFN4O4S/c1-25-18-11-16(24-32(30,31)13-6-7-15(23)14(22)10-13)17(27-8-4-3-5-9-27)12-19(18)26(2)21(29)20(25)28/h6-7,10-12,24H,3-5,8-9H2,1-2H3. The van der Waals surface area contributed by atoms with Crippen LogP contribution in [0.4, 0.5) is 15.8 Å². The molecule has 0 spiro atoms. The van der Waals surface area contributed by atoms with Gasteiger partial charge in [0.15, 0.2) is 0 Å². The lowest BCUT2D eigenvalue weighted by molar-refractivity contribution is 0.578. The molecule has 32 heavy (non-hydrogen) atoms. The summed E-state index contributed by atoms with van der Waals surface area (Å²) < 4.78 is 44.7. The fourth-order valence-corrected chi connectivity index (χ4v) is 5.27. The van der Waals surface area contributed by atoms with Crippen molar-refractivity contribution in [2.45, 2.75) is 24.2 Å². The summed E-state index contributed by atoms with van der Waals surface area (Å²) in [4.78, 5) is 26.5. The molecular formula is C21H22ClFN4O4S. The second-order valence-electron chi connectivity index (χ2n) is 7.82. The highest BCUT2D eigenvalue weighted by Gasteiger charge is 2.23. The lowest BCUT2D eigenvalue weighted by Gasteiger charge is -2.31. The Morgan fingerprint density at radius 2 is 1.53 bits per heavy atom. The second-order valence-corrected chi connectivity index (χ2v) is 9.91. The Balaban J connectivity index is 1.92. The fourth-order valence-electron chi connectivity index (χ4n) is 3.93. The highest BCUT2D eigenvalue weighted by atomic mass is 35.5. The number of benzene rings is 2. The molecule has 0 aliphatic carbocycles. The minimum Gasteiger partial charge on any atom is -0.370 e. The molecule has 1 fully saturated rings. The quantitative estimate of drug-likeness (QED) is 0.579. The lowest BCUT2D eigenvalue weighted by atomic mass is 10.1. The van der Waals surface area contributed by atoms with Crippen LogP contribution in [-0.2, 0) is 24.1 Å². The van der Waals surface area contributed by atoms with Crippen molar-refractivity contribution in [1.29, 1.82) is 0 Å². The first-order chi connectivity index (χ1) is 15.1. The number of nitrogens with zero attached hydrogens (tertiary/aromatic N) is 3. The first-order valence-corrected chi connectivity index (χ1v) is 11.9. The monoisotopic (exact) mass is 480 g/mol. The zero-order valence-corrected chi connectivity index (χ0v) is 19.1. The molecule has 11 heteroatoms. The Hall–Kier alpha value is -2.85. The molecule has 1 aromatic heterocycles. The van der Waals surface area contributed by atoms with Gasteiger partial charge in [-0.2, -0.15) is 0 Å². The van der Waals surface area contributed by atoms with Gasteiger partial charge in [-0.15, -0.1) is 0 Å². The van der Waals surface area contributed by atoms with Crippen molar-refractivity contribution in [3.63, 3.8) is 0 Å². The van der Waals surface area contributed by atoms with Gasteiger partial charge in [0.1, 0.15) is 5.82 Å². The maximum Gasteiger partial charge on any atom is 0.316 e. The first-order valence-electron chi connectivity index (χ1n) is 10.1. The molecule has 0 radical (unpaired) electrons. The van der Waals surface area contributed by atoms with Crippen molar-refractivity contribution in [2.24, 2.45) is 14.1 Å². The minimum atomic E-state index is -4.11. The summed E-state index contributed by atoms with van der Waals surface area (Å²) >= 11 is 5.78. The predicted molar refractivity (Wildman–Crippen MR) is 123 cm³/mol. The molecule has 1 aliphatic heterocycles. The topological polar surface area (TPSA) is 93.4 Å². The highest BCUT2D eigenvalue weighted by molar-refractivity contribution is 7.92. The van der Waals surface area contributed by atoms with Crippen LogP contribution in [0, 0.1) is 5.82 Å². The molecule has 0 amide bonds. The lowest BCUT2D eigenvalue weighted by Crippen LogP contribution is -2.39. The van der Waals surface area contributed by atoms with Gasteiger partial charge in [0.05, 0.1) is 32.3 Å². The van der Waals surface area contributed by atoms with Crippen molar-refractivity contribution in [2.75, 3.05) is 22.7 Å². The van der Waals surface area contributed by atoms with Crippen LogP contribution in [0.1, 0.15) is 19.3 Å². The SMILES string of the molecule is Cn1c(=O)c(=O)n(C)c2cc(N3CCCCC3)c(NS(=O)(=O)c3ccc(F)c(Cl)c3)cc21. The van der Waals surface area contributed by atoms with Gasteiger partial charge in [0, 0.05) is 27.2 Å². The van der Waals surface area contributed by atoms with E-state index in [0.717, 1.165) is 50.6 Å². The molecule has 170 valence electrons. The summed E-state index contributed by atoms with van der Waals surface area (Å²) in [7, 11) is -1.13. The van der Waals surface area contributed by atoms with E-state index in [9.17, 15) is 22.4 Å². The van der Waals surface area contributed by atoms with Crippen LogP contribution in [0.5, 0.6) is 0 Å². The van der Waals surface area contributed by atoms with Gasteiger partial charge in [0.25, 0.3) is 10.0 Å². The molecule has 8 nitrogen and oxygen atoms in total. The maximum absolute atomic E-state index is 13.5. The van der Waals surface area contributed by atoms with E-state index >= 15 is 0 Å². The number of nitrogens with one attached hydrogen (secondary N) is 1. The Bertz CT molecular complexity index is 1440. The molecule has 1 N–H and O–H groups in total. The Kier molecular flexibility index (Phi) is 5.76. The average molecular weight is 481 g/mol. The van der Waals surface area contributed by atoms with Gasteiger partial charge in [-0.1, -0.05) is 11.6 Å². The largest absolute Gasteiger partial charge is 0.370 e. The summed E-state index contributed by atoms with van der Waals surface area (Å²) in [5.41, 5.74) is 0.373. The zero-order valence-electron chi connectivity index (χ0n) is 17.6. The summed E-state index contributed by atoms with van der Waals surface area (Å²) in [6, 6.07) is 6.42. The van der Waals surface area contributed by atoms with Crippen LogP contribution >= 0.6 is 11.6 Å². The van der Waals surface area contributed by atoms with Gasteiger partial charge in [0.2, 0.25) is 0 Å². The van der Waals surface area contributed by atoms with E-state index < -0.39 is 27.0 Å². The fraction of sp³-hybridized carbons (Fsp3) is 0.333. The number of fused-ring (bicyclic) bond motifs is 1. The molecular weight excluding hydrogens is 459 g/mol. The molecule has 4 rings (SSSR count). The number of halogens is 2. The van der Waals surface area contributed by atoms with Crippen molar-refractivity contribution >= 4 is 44.0 Å². The van der Waals surface area contributed by atoms with Crippen molar-refractivity contribution in [3.8, 4) is 0 Å². The molecule has 0 saturated carbocycles. The van der Waals surface area contributed by atoms with Crippen LogP contribution in [0.2, 0.25) is 5.02 Å². The van der Waals surface area contributed by atoms with Crippen LogP contribution in [0.3, 0.4) is 0 Å². The highest BCUT2D eigenvalue weighted by Crippen LogP contribution is 2.34. The third-order valence-electron chi connectivity index (χ3n) is 5.75. The van der Waals surface area contributed by atoms with Crippen molar-refractivity contribution < 1.29 is 12.8 Å². The summed E-state index contributed by atoms with van der Waals surface area (Å²) in [6.07, 6.45) is 2.97.